The number of benzene rings is 2. The highest BCUT2D eigenvalue weighted by Crippen LogP contribution is 2.19. The molecule has 1 N–H and O–H groups in total. The summed E-state index contributed by atoms with van der Waals surface area (Å²) in [6, 6.07) is 13.0. The summed E-state index contributed by atoms with van der Waals surface area (Å²) in [5.41, 5.74) is 1.09. The number of carbonyl (C=O) groups excluding carboxylic acids is 3. The van der Waals surface area contributed by atoms with Crippen molar-refractivity contribution in [3.8, 4) is 5.75 Å². The average Bonchev–Trinajstić information content (AvgIpc) is 2.75. The van der Waals surface area contributed by atoms with E-state index in [0.29, 0.717) is 12.3 Å². The molecule has 2 aromatic carbocycles. The zero-order chi connectivity index (χ0) is 23.0. The highest BCUT2D eigenvalue weighted by molar-refractivity contribution is 6.33. The number of nitrogens with zero attached hydrogens (tertiary/aromatic N) is 1. The molecule has 2 aromatic rings. The van der Waals surface area contributed by atoms with Crippen LogP contribution in [0.3, 0.4) is 0 Å². The molecule has 8 heteroatoms. The minimum atomic E-state index is -0.920. The smallest absolute Gasteiger partial charge is 0.329 e. The van der Waals surface area contributed by atoms with Gasteiger partial charge in [-0.15, -0.1) is 0 Å². The second-order valence-corrected chi connectivity index (χ2v) is 7.75. The summed E-state index contributed by atoms with van der Waals surface area (Å²) >= 11 is 6.05. The van der Waals surface area contributed by atoms with Crippen LogP contribution in [-0.4, -0.2) is 49.5 Å². The van der Waals surface area contributed by atoms with Gasteiger partial charge in [0.25, 0.3) is 11.8 Å². The zero-order valence-electron chi connectivity index (χ0n) is 18.1. The molecule has 0 aliphatic heterocycles. The number of halogens is 1. The monoisotopic (exact) mass is 446 g/mol. The molecule has 166 valence electrons. The van der Waals surface area contributed by atoms with Crippen molar-refractivity contribution in [1.29, 1.82) is 0 Å². The Morgan fingerprint density at radius 1 is 1.06 bits per heavy atom. The second-order valence-electron chi connectivity index (χ2n) is 7.34. The fraction of sp³-hybridized carbons (Fsp3) is 0.348. The molecule has 0 fully saturated rings. The van der Waals surface area contributed by atoms with E-state index in [0.717, 1.165) is 5.56 Å². The number of hydrogen-bond acceptors (Lipinski definition) is 5. The molecule has 7 nitrogen and oxygen atoms in total. The molecule has 0 bridgehead atoms. The van der Waals surface area contributed by atoms with E-state index in [1.807, 2.05) is 24.3 Å². The van der Waals surface area contributed by atoms with Crippen molar-refractivity contribution in [2.75, 3.05) is 20.8 Å². The van der Waals surface area contributed by atoms with Gasteiger partial charge in [0, 0.05) is 19.2 Å². The van der Waals surface area contributed by atoms with Crippen LogP contribution in [0.5, 0.6) is 5.75 Å². The Kier molecular flexibility index (Phi) is 8.88. The molecular weight excluding hydrogens is 420 g/mol. The number of rotatable bonds is 9. The molecule has 0 saturated heterocycles. The van der Waals surface area contributed by atoms with Gasteiger partial charge in [-0.2, -0.15) is 0 Å². The third-order valence-corrected chi connectivity index (χ3v) is 5.02. The maximum Gasteiger partial charge on any atom is 0.329 e. The summed E-state index contributed by atoms with van der Waals surface area (Å²) in [5.74, 6) is -1.13. The van der Waals surface area contributed by atoms with Crippen LogP contribution in [0.25, 0.3) is 0 Å². The van der Waals surface area contributed by atoms with Gasteiger partial charge >= 0.3 is 5.97 Å². The summed E-state index contributed by atoms with van der Waals surface area (Å²) in [6.45, 7) is 3.41. The standard InChI is InChI=1S/C23H27ClN2O5/c1-15(2)21(25-22(28)17-10-6-7-11-18(17)24)23(29)31-14-20(27)26(3)13-16-9-5-8-12-19(16)30-4/h5-12,15,21H,13-14H2,1-4H3,(H,25,28)/t21-/m0/s1. The van der Waals surface area contributed by atoms with Gasteiger partial charge in [0.2, 0.25) is 0 Å². The minimum absolute atomic E-state index is 0.250. The lowest BCUT2D eigenvalue weighted by molar-refractivity contribution is -0.154. The van der Waals surface area contributed by atoms with Crippen LogP contribution in [0.2, 0.25) is 5.02 Å². The molecular formula is C23H27ClN2O5. The molecule has 0 heterocycles. The molecule has 0 aliphatic carbocycles. The summed E-state index contributed by atoms with van der Waals surface area (Å²) < 4.78 is 10.5. The van der Waals surface area contributed by atoms with Crippen LogP contribution >= 0.6 is 11.6 Å². The topological polar surface area (TPSA) is 84.9 Å². The normalized spacial score (nSPS) is 11.5. The zero-order valence-corrected chi connectivity index (χ0v) is 18.8. The Morgan fingerprint density at radius 2 is 1.71 bits per heavy atom. The summed E-state index contributed by atoms with van der Waals surface area (Å²) in [4.78, 5) is 38.9. The SMILES string of the molecule is COc1ccccc1CN(C)C(=O)COC(=O)[C@@H](NC(=O)c1ccccc1Cl)C(C)C. The van der Waals surface area contributed by atoms with E-state index in [1.54, 1.807) is 52.3 Å². The molecule has 0 radical (unpaired) electrons. The number of carbonyl (C=O) groups is 3. The Bertz CT molecular complexity index is 932. The quantitative estimate of drug-likeness (QED) is 0.597. The molecule has 0 aromatic heterocycles. The Labute approximate surface area is 187 Å². The number of hydrogen-bond donors (Lipinski definition) is 1. The molecule has 31 heavy (non-hydrogen) atoms. The third kappa shape index (κ3) is 6.72. The van der Waals surface area contributed by atoms with E-state index in [-0.39, 0.29) is 22.4 Å². The van der Waals surface area contributed by atoms with Gasteiger partial charge in [0.15, 0.2) is 6.61 Å². The predicted molar refractivity (Wildman–Crippen MR) is 118 cm³/mol. The number of likely N-dealkylation sites (N-methyl/N-ethyl adjacent to an activating group) is 1. The van der Waals surface area contributed by atoms with Crippen molar-refractivity contribution in [3.63, 3.8) is 0 Å². The largest absolute Gasteiger partial charge is 0.496 e. The van der Waals surface area contributed by atoms with E-state index in [9.17, 15) is 14.4 Å². The number of methoxy groups -OCH3 is 1. The van der Waals surface area contributed by atoms with Crippen LogP contribution in [-0.2, 0) is 20.9 Å². The van der Waals surface area contributed by atoms with E-state index >= 15 is 0 Å². The Hall–Kier alpha value is -3.06. The van der Waals surface area contributed by atoms with Crippen molar-refractivity contribution < 1.29 is 23.9 Å². The molecule has 2 rings (SSSR count). The molecule has 0 aliphatic rings. The van der Waals surface area contributed by atoms with Gasteiger partial charge < -0.3 is 19.7 Å². The predicted octanol–water partition coefficient (Wildman–Crippen LogP) is 3.30. The maximum absolute atomic E-state index is 12.6. The van der Waals surface area contributed by atoms with Crippen molar-refractivity contribution >= 4 is 29.4 Å². The molecule has 0 unspecified atom stereocenters. The van der Waals surface area contributed by atoms with Gasteiger partial charge in [-0.1, -0.05) is 55.8 Å². The first-order valence-electron chi connectivity index (χ1n) is 9.82. The average molecular weight is 447 g/mol. The molecule has 0 spiro atoms. The van der Waals surface area contributed by atoms with Gasteiger partial charge in [-0.25, -0.2) is 4.79 Å². The van der Waals surface area contributed by atoms with Gasteiger partial charge in [0.1, 0.15) is 11.8 Å². The fourth-order valence-electron chi connectivity index (χ4n) is 2.87. The molecule has 0 saturated carbocycles. The lowest BCUT2D eigenvalue weighted by Crippen LogP contribution is -2.46. The van der Waals surface area contributed by atoms with E-state index in [2.05, 4.69) is 5.32 Å². The highest BCUT2D eigenvalue weighted by atomic mass is 35.5. The number of esters is 1. The van der Waals surface area contributed by atoms with Gasteiger partial charge in [-0.3, -0.25) is 9.59 Å². The summed E-state index contributed by atoms with van der Waals surface area (Å²) in [5, 5.41) is 2.92. The van der Waals surface area contributed by atoms with Crippen molar-refractivity contribution in [2.24, 2.45) is 5.92 Å². The van der Waals surface area contributed by atoms with E-state index in [1.165, 1.54) is 4.90 Å². The Balaban J connectivity index is 1.95. The van der Waals surface area contributed by atoms with E-state index in [4.69, 9.17) is 21.1 Å². The summed E-state index contributed by atoms with van der Waals surface area (Å²) in [6.07, 6.45) is 0. The number of ether oxygens (including phenoxy) is 2. The van der Waals surface area contributed by atoms with Crippen LogP contribution in [0, 0.1) is 5.92 Å². The van der Waals surface area contributed by atoms with E-state index < -0.39 is 24.5 Å². The third-order valence-electron chi connectivity index (χ3n) is 4.69. The van der Waals surface area contributed by atoms with Crippen molar-refractivity contribution in [3.05, 3.63) is 64.7 Å². The molecule has 2 amide bonds. The number of amides is 2. The van der Waals surface area contributed by atoms with Gasteiger partial charge in [-0.05, 0) is 24.1 Å². The van der Waals surface area contributed by atoms with Crippen LogP contribution in [0.15, 0.2) is 48.5 Å². The number of nitrogens with one attached hydrogen (secondary N) is 1. The first-order chi connectivity index (χ1) is 14.7. The highest BCUT2D eigenvalue weighted by Gasteiger charge is 2.27. The maximum atomic E-state index is 12.6. The lowest BCUT2D eigenvalue weighted by Gasteiger charge is -2.22. The van der Waals surface area contributed by atoms with Gasteiger partial charge in [0.05, 0.1) is 17.7 Å². The summed E-state index contributed by atoms with van der Waals surface area (Å²) in [7, 11) is 3.17. The van der Waals surface area contributed by atoms with Crippen molar-refractivity contribution in [2.45, 2.75) is 26.4 Å². The first kappa shape index (κ1) is 24.2. The first-order valence-corrected chi connectivity index (χ1v) is 10.2. The van der Waals surface area contributed by atoms with Crippen molar-refractivity contribution in [1.82, 2.24) is 10.2 Å². The number of para-hydroxylation sites is 1. The second kappa shape index (κ2) is 11.4. The Morgan fingerprint density at radius 3 is 2.35 bits per heavy atom. The fourth-order valence-corrected chi connectivity index (χ4v) is 3.09. The minimum Gasteiger partial charge on any atom is -0.496 e. The van der Waals surface area contributed by atoms with Crippen LogP contribution in [0.1, 0.15) is 29.8 Å². The lowest BCUT2D eigenvalue weighted by atomic mass is 10.0. The van der Waals surface area contributed by atoms with Crippen LogP contribution in [0.4, 0.5) is 0 Å². The van der Waals surface area contributed by atoms with Crippen LogP contribution < -0.4 is 10.1 Å². The molecule has 1 atom stereocenters.